The van der Waals surface area contributed by atoms with Gasteiger partial charge in [-0.1, -0.05) is 41.1 Å². The van der Waals surface area contributed by atoms with Crippen molar-refractivity contribution in [2.24, 2.45) is 4.99 Å². The van der Waals surface area contributed by atoms with E-state index in [0.717, 1.165) is 27.7 Å². The monoisotopic (exact) mass is 329 g/mol. The second-order valence-electron chi connectivity index (χ2n) is 5.13. The molecular formula is C17H16BrNO. The van der Waals surface area contributed by atoms with Crippen LogP contribution in [0.4, 0.5) is 5.69 Å². The van der Waals surface area contributed by atoms with E-state index in [1.54, 1.807) is 0 Å². The maximum atomic E-state index is 6.21. The van der Waals surface area contributed by atoms with E-state index in [-0.39, 0.29) is 5.60 Å². The molecule has 0 saturated carbocycles. The van der Waals surface area contributed by atoms with E-state index in [4.69, 9.17) is 4.74 Å². The van der Waals surface area contributed by atoms with Gasteiger partial charge in [0.25, 0.3) is 0 Å². The van der Waals surface area contributed by atoms with Crippen LogP contribution in [0.1, 0.15) is 31.4 Å². The van der Waals surface area contributed by atoms with Crippen molar-refractivity contribution < 1.29 is 4.74 Å². The van der Waals surface area contributed by atoms with Gasteiger partial charge in [0.15, 0.2) is 0 Å². The van der Waals surface area contributed by atoms with Crippen LogP contribution in [0.3, 0.4) is 0 Å². The van der Waals surface area contributed by atoms with Gasteiger partial charge in [0.1, 0.15) is 5.60 Å². The predicted octanol–water partition coefficient (Wildman–Crippen LogP) is 5.18. The Morgan fingerprint density at radius 1 is 1.10 bits per heavy atom. The second-order valence-corrected chi connectivity index (χ2v) is 6.04. The molecule has 0 amide bonds. The van der Waals surface area contributed by atoms with Gasteiger partial charge in [0.05, 0.1) is 5.69 Å². The summed E-state index contributed by atoms with van der Waals surface area (Å²) in [5, 5.41) is 0. The summed E-state index contributed by atoms with van der Waals surface area (Å²) < 4.78 is 7.26. The number of nitrogens with zero attached hydrogens (tertiary/aromatic N) is 1. The van der Waals surface area contributed by atoms with Gasteiger partial charge >= 0.3 is 0 Å². The Bertz CT molecular complexity index is 663. The fraction of sp³-hybridized carbons (Fsp3) is 0.235. The number of fused-ring (bicyclic) bond motifs is 1. The number of hydrogen-bond acceptors (Lipinski definition) is 2. The van der Waals surface area contributed by atoms with Crippen molar-refractivity contribution >= 4 is 27.5 Å². The summed E-state index contributed by atoms with van der Waals surface area (Å²) in [5.41, 5.74) is 2.84. The van der Waals surface area contributed by atoms with Crippen LogP contribution in [0, 0.1) is 0 Å². The molecule has 0 N–H and O–H groups in total. The molecule has 3 heteroatoms. The third kappa shape index (κ3) is 2.27. The number of halogens is 1. The van der Waals surface area contributed by atoms with Crippen molar-refractivity contribution in [2.75, 3.05) is 0 Å². The standard InChI is InChI=1S/C17H16BrNO/c1-3-17(2)14-6-4-5-7-15(14)19-16(20-17)12-8-10-13(18)11-9-12/h4-11H,3H2,1-2H3/t17-/m0/s1. The summed E-state index contributed by atoms with van der Waals surface area (Å²) in [7, 11) is 0. The molecule has 2 aromatic carbocycles. The van der Waals surface area contributed by atoms with Crippen LogP contribution in [0.2, 0.25) is 0 Å². The lowest BCUT2D eigenvalue weighted by molar-refractivity contribution is 0.0660. The molecule has 0 radical (unpaired) electrons. The predicted molar refractivity (Wildman–Crippen MR) is 85.5 cm³/mol. The molecule has 20 heavy (non-hydrogen) atoms. The normalized spacial score (nSPS) is 20.9. The Kier molecular flexibility index (Phi) is 3.38. The van der Waals surface area contributed by atoms with Gasteiger partial charge in [0.2, 0.25) is 5.90 Å². The zero-order chi connectivity index (χ0) is 14.2. The summed E-state index contributed by atoms with van der Waals surface area (Å²) >= 11 is 3.45. The topological polar surface area (TPSA) is 21.6 Å². The van der Waals surface area contributed by atoms with Crippen molar-refractivity contribution in [3.05, 3.63) is 64.1 Å². The van der Waals surface area contributed by atoms with Crippen molar-refractivity contribution in [3.63, 3.8) is 0 Å². The molecule has 1 aliphatic heterocycles. The first kappa shape index (κ1) is 13.4. The molecule has 0 aliphatic carbocycles. The minimum atomic E-state index is -0.319. The summed E-state index contributed by atoms with van der Waals surface area (Å²) in [5.74, 6) is 0.695. The molecular weight excluding hydrogens is 314 g/mol. The van der Waals surface area contributed by atoms with Crippen molar-refractivity contribution in [1.82, 2.24) is 0 Å². The lowest BCUT2D eigenvalue weighted by atomic mass is 9.90. The maximum Gasteiger partial charge on any atom is 0.222 e. The molecule has 1 heterocycles. The minimum Gasteiger partial charge on any atom is -0.466 e. The van der Waals surface area contributed by atoms with Crippen molar-refractivity contribution in [1.29, 1.82) is 0 Å². The lowest BCUT2D eigenvalue weighted by Gasteiger charge is -2.35. The van der Waals surface area contributed by atoms with Gasteiger partial charge in [-0.25, -0.2) is 4.99 Å². The Labute approximate surface area is 127 Å². The molecule has 102 valence electrons. The summed E-state index contributed by atoms with van der Waals surface area (Å²) in [4.78, 5) is 4.67. The average Bonchev–Trinajstić information content (AvgIpc) is 2.48. The van der Waals surface area contributed by atoms with Crippen LogP contribution in [0.25, 0.3) is 0 Å². The lowest BCUT2D eigenvalue weighted by Crippen LogP contribution is -2.31. The molecule has 1 aliphatic rings. The number of aliphatic imine (C=N–C) groups is 1. The summed E-state index contributed by atoms with van der Waals surface area (Å²) in [6, 6.07) is 16.3. The van der Waals surface area contributed by atoms with Gasteiger partial charge in [-0.3, -0.25) is 0 Å². The molecule has 0 unspecified atom stereocenters. The highest BCUT2D eigenvalue weighted by Gasteiger charge is 2.34. The van der Waals surface area contributed by atoms with Gasteiger partial charge < -0.3 is 4.74 Å². The van der Waals surface area contributed by atoms with Crippen LogP contribution in [0.5, 0.6) is 0 Å². The average molecular weight is 330 g/mol. The molecule has 0 saturated heterocycles. The molecule has 2 nitrogen and oxygen atoms in total. The number of ether oxygens (including phenoxy) is 1. The molecule has 0 fully saturated rings. The van der Waals surface area contributed by atoms with Crippen LogP contribution >= 0.6 is 15.9 Å². The molecule has 0 spiro atoms. The Balaban J connectivity index is 2.11. The Hall–Kier alpha value is -1.61. The number of hydrogen-bond donors (Lipinski definition) is 0. The fourth-order valence-electron chi connectivity index (χ4n) is 2.40. The van der Waals surface area contributed by atoms with Gasteiger partial charge in [-0.2, -0.15) is 0 Å². The van der Waals surface area contributed by atoms with E-state index >= 15 is 0 Å². The first-order valence-corrected chi connectivity index (χ1v) is 7.55. The largest absolute Gasteiger partial charge is 0.466 e. The maximum absolute atomic E-state index is 6.21. The summed E-state index contributed by atoms with van der Waals surface area (Å²) in [6.45, 7) is 4.26. The van der Waals surface area contributed by atoms with Gasteiger partial charge in [-0.05, 0) is 43.7 Å². The minimum absolute atomic E-state index is 0.319. The highest BCUT2D eigenvalue weighted by Crippen LogP contribution is 2.40. The first-order chi connectivity index (χ1) is 9.62. The molecule has 1 atom stereocenters. The van der Waals surface area contributed by atoms with E-state index in [2.05, 4.69) is 40.8 Å². The zero-order valence-corrected chi connectivity index (χ0v) is 13.1. The van der Waals surface area contributed by atoms with Crippen molar-refractivity contribution in [2.45, 2.75) is 25.9 Å². The molecule has 0 aromatic heterocycles. The second kappa shape index (κ2) is 5.06. The van der Waals surface area contributed by atoms with Gasteiger partial charge in [-0.15, -0.1) is 0 Å². The Morgan fingerprint density at radius 2 is 1.80 bits per heavy atom. The van der Waals surface area contributed by atoms with E-state index in [9.17, 15) is 0 Å². The van der Waals surface area contributed by atoms with Crippen LogP contribution in [0.15, 0.2) is 58.0 Å². The summed E-state index contributed by atoms with van der Waals surface area (Å²) in [6.07, 6.45) is 0.902. The van der Waals surface area contributed by atoms with E-state index in [0.29, 0.717) is 5.90 Å². The molecule has 3 rings (SSSR count). The zero-order valence-electron chi connectivity index (χ0n) is 11.6. The highest BCUT2D eigenvalue weighted by molar-refractivity contribution is 9.10. The van der Waals surface area contributed by atoms with E-state index < -0.39 is 0 Å². The van der Waals surface area contributed by atoms with E-state index in [1.165, 1.54) is 0 Å². The molecule has 2 aromatic rings. The van der Waals surface area contributed by atoms with Crippen LogP contribution in [-0.2, 0) is 10.3 Å². The quantitative estimate of drug-likeness (QED) is 0.743. The highest BCUT2D eigenvalue weighted by atomic mass is 79.9. The molecule has 0 bridgehead atoms. The number of rotatable bonds is 2. The Morgan fingerprint density at radius 3 is 2.50 bits per heavy atom. The van der Waals surface area contributed by atoms with Crippen LogP contribution < -0.4 is 0 Å². The number of benzene rings is 2. The third-order valence-corrected chi connectivity index (χ3v) is 4.31. The smallest absolute Gasteiger partial charge is 0.222 e. The van der Waals surface area contributed by atoms with Crippen molar-refractivity contribution in [3.8, 4) is 0 Å². The van der Waals surface area contributed by atoms with E-state index in [1.807, 2.05) is 42.5 Å². The number of para-hydroxylation sites is 1. The van der Waals surface area contributed by atoms with Gasteiger partial charge in [0, 0.05) is 15.6 Å². The SMILES string of the molecule is CC[C@]1(C)OC(c2ccc(Br)cc2)=Nc2ccccc21. The third-order valence-electron chi connectivity index (χ3n) is 3.78. The van der Waals surface area contributed by atoms with Crippen LogP contribution in [-0.4, -0.2) is 5.90 Å². The first-order valence-electron chi connectivity index (χ1n) is 6.75. The fourth-order valence-corrected chi connectivity index (χ4v) is 2.66.